The fraction of sp³-hybridized carbons (Fsp3) is 0.0667. The quantitative estimate of drug-likeness (QED) is 0.382. The Bertz CT molecular complexity index is 691. The number of para-hydroxylation sites is 1. The molecule has 0 spiro atoms. The monoisotopic (exact) mass is 507 g/mol. The molecule has 108 valence electrons. The number of nitrogens with zero attached hydrogens (tertiary/aromatic N) is 1. The Hall–Kier alpha value is -1.16. The molecule has 0 saturated heterocycles. The highest BCUT2D eigenvalue weighted by molar-refractivity contribution is 14.1. The van der Waals surface area contributed by atoms with E-state index in [1.165, 1.54) is 11.6 Å². The van der Waals surface area contributed by atoms with Gasteiger partial charge in [0.15, 0.2) is 5.75 Å². The van der Waals surface area contributed by atoms with E-state index in [0.717, 1.165) is 12.7 Å². The first-order valence-electron chi connectivity index (χ1n) is 5.97. The molecule has 21 heavy (non-hydrogen) atoms. The van der Waals surface area contributed by atoms with Crippen LogP contribution in [0.1, 0.15) is 21.5 Å². The number of aromatic carboxylic acids is 1. The number of rotatable bonds is 4. The molecular weight excluding hydrogens is 496 g/mol. The molecule has 0 heterocycles. The number of halogens is 2. The van der Waals surface area contributed by atoms with Gasteiger partial charge in [-0.3, -0.25) is 0 Å². The second-order valence-electron chi connectivity index (χ2n) is 4.24. The zero-order chi connectivity index (χ0) is 15.4. The van der Waals surface area contributed by atoms with Gasteiger partial charge in [-0.05, 0) is 87.5 Å². The second-order valence-corrected chi connectivity index (χ2v) is 6.56. The fourth-order valence-corrected chi connectivity index (χ4v) is 3.42. The summed E-state index contributed by atoms with van der Waals surface area (Å²) >= 11 is 4.54. The lowest BCUT2D eigenvalue weighted by Crippen LogP contribution is -2.00. The fourth-order valence-electron chi connectivity index (χ4n) is 1.61. The van der Waals surface area contributed by atoms with Crippen LogP contribution in [0.25, 0.3) is 0 Å². The summed E-state index contributed by atoms with van der Waals surface area (Å²) in [6.07, 6.45) is 1.57. The number of carboxylic acid groups (broad SMARTS) is 1. The van der Waals surface area contributed by atoms with E-state index in [4.69, 9.17) is 9.94 Å². The van der Waals surface area contributed by atoms with E-state index in [2.05, 4.69) is 57.3 Å². The van der Waals surface area contributed by atoms with Gasteiger partial charge in [-0.15, -0.1) is 0 Å². The van der Waals surface area contributed by atoms with E-state index in [9.17, 15) is 4.79 Å². The van der Waals surface area contributed by atoms with Crippen molar-refractivity contribution in [1.29, 1.82) is 0 Å². The largest absolute Gasteiger partial charge is 0.478 e. The molecule has 0 amide bonds. The summed E-state index contributed by atoms with van der Waals surface area (Å²) in [5.41, 5.74) is 2.22. The van der Waals surface area contributed by atoms with Gasteiger partial charge in [0.25, 0.3) is 0 Å². The number of carboxylic acids is 1. The van der Waals surface area contributed by atoms with Crippen molar-refractivity contribution in [3.05, 3.63) is 60.2 Å². The smallest absolute Gasteiger partial charge is 0.339 e. The third kappa shape index (κ3) is 4.16. The topological polar surface area (TPSA) is 58.9 Å². The molecule has 0 aliphatic carbocycles. The van der Waals surface area contributed by atoms with E-state index >= 15 is 0 Å². The minimum Gasteiger partial charge on any atom is -0.478 e. The van der Waals surface area contributed by atoms with Crippen molar-refractivity contribution in [1.82, 2.24) is 0 Å². The molecule has 0 unspecified atom stereocenters. The number of benzene rings is 2. The third-order valence-corrected chi connectivity index (χ3v) is 5.01. The van der Waals surface area contributed by atoms with Gasteiger partial charge in [-0.25, -0.2) is 4.79 Å². The first-order valence-corrected chi connectivity index (χ1v) is 8.13. The maximum Gasteiger partial charge on any atom is 0.339 e. The molecule has 6 heteroatoms. The Morgan fingerprint density at radius 3 is 2.48 bits per heavy atom. The predicted octanol–water partition coefficient (Wildman–Crippen LogP) is 4.32. The van der Waals surface area contributed by atoms with Gasteiger partial charge >= 0.3 is 5.97 Å². The first-order chi connectivity index (χ1) is 9.99. The number of carbonyl (C=O) groups is 1. The molecule has 0 atom stereocenters. The van der Waals surface area contributed by atoms with Crippen molar-refractivity contribution >= 4 is 57.4 Å². The van der Waals surface area contributed by atoms with Gasteiger partial charge in [0.1, 0.15) is 5.56 Å². The van der Waals surface area contributed by atoms with Crippen LogP contribution >= 0.6 is 45.2 Å². The second kappa shape index (κ2) is 7.21. The summed E-state index contributed by atoms with van der Waals surface area (Å²) in [5, 5.41) is 12.9. The summed E-state index contributed by atoms with van der Waals surface area (Å²) in [5.74, 6) is -0.821. The summed E-state index contributed by atoms with van der Waals surface area (Å²) < 4.78 is 2.29. The Morgan fingerprint density at radius 1 is 1.24 bits per heavy atom. The molecule has 2 aromatic carbocycles. The number of hydrogen-bond acceptors (Lipinski definition) is 3. The van der Waals surface area contributed by atoms with Crippen molar-refractivity contribution in [2.24, 2.45) is 5.16 Å². The third-order valence-electron chi connectivity index (χ3n) is 2.77. The highest BCUT2D eigenvalue weighted by Gasteiger charge is 2.10. The zero-order valence-corrected chi connectivity index (χ0v) is 15.3. The van der Waals surface area contributed by atoms with Crippen LogP contribution in [0, 0.1) is 14.1 Å². The zero-order valence-electron chi connectivity index (χ0n) is 11.0. The number of oxime groups is 1. The van der Waals surface area contributed by atoms with E-state index in [1.54, 1.807) is 24.4 Å². The molecular formula is C15H11I2NO3. The molecule has 0 saturated carbocycles. The molecule has 0 aliphatic heterocycles. The average molecular weight is 507 g/mol. The van der Waals surface area contributed by atoms with Crippen LogP contribution in [0.3, 0.4) is 0 Å². The summed E-state index contributed by atoms with van der Waals surface area (Å²) in [6, 6.07) is 10.4. The lowest BCUT2D eigenvalue weighted by atomic mass is 10.2. The van der Waals surface area contributed by atoms with Crippen molar-refractivity contribution in [3.63, 3.8) is 0 Å². The Kier molecular flexibility index (Phi) is 5.57. The molecule has 0 fully saturated rings. The van der Waals surface area contributed by atoms with Crippen LogP contribution < -0.4 is 4.84 Å². The highest BCUT2D eigenvalue weighted by Crippen LogP contribution is 2.20. The van der Waals surface area contributed by atoms with E-state index < -0.39 is 5.97 Å². The van der Waals surface area contributed by atoms with Gasteiger partial charge in [0.05, 0.1) is 6.21 Å². The molecule has 2 aromatic rings. The SMILES string of the molecule is Cc1c(I)cc(/C=N/Oc2ccccc2C(=O)O)cc1I. The predicted molar refractivity (Wildman–Crippen MR) is 98.2 cm³/mol. The van der Waals surface area contributed by atoms with E-state index in [-0.39, 0.29) is 11.3 Å². The van der Waals surface area contributed by atoms with Crippen molar-refractivity contribution in [2.45, 2.75) is 6.92 Å². The molecule has 4 nitrogen and oxygen atoms in total. The van der Waals surface area contributed by atoms with Crippen LogP contribution in [-0.4, -0.2) is 17.3 Å². The summed E-state index contributed by atoms with van der Waals surface area (Å²) in [7, 11) is 0. The van der Waals surface area contributed by atoms with Gasteiger partial charge in [-0.2, -0.15) is 0 Å². The Labute approximate surface area is 149 Å². The highest BCUT2D eigenvalue weighted by atomic mass is 127. The molecule has 0 aliphatic rings. The molecule has 0 bridgehead atoms. The standard InChI is InChI=1S/C15H11I2NO3/c1-9-12(16)6-10(7-13(9)17)8-18-21-14-5-3-2-4-11(14)15(19)20/h2-8H,1H3,(H,19,20)/b18-8+. The maximum atomic E-state index is 11.0. The molecule has 0 radical (unpaired) electrons. The summed E-state index contributed by atoms with van der Waals surface area (Å²) in [4.78, 5) is 16.2. The van der Waals surface area contributed by atoms with Gasteiger partial charge in [0, 0.05) is 7.14 Å². The molecule has 0 aromatic heterocycles. The normalized spacial score (nSPS) is 10.8. The Balaban J connectivity index is 2.19. The van der Waals surface area contributed by atoms with E-state index in [1.807, 2.05) is 12.1 Å². The molecule has 2 rings (SSSR count). The minimum absolute atomic E-state index is 0.0858. The average Bonchev–Trinajstić information content (AvgIpc) is 2.45. The lowest BCUT2D eigenvalue weighted by molar-refractivity contribution is 0.0692. The van der Waals surface area contributed by atoms with Crippen LogP contribution in [0.4, 0.5) is 0 Å². The summed E-state index contributed by atoms with van der Waals surface area (Å²) in [6.45, 7) is 2.06. The van der Waals surface area contributed by atoms with Crippen LogP contribution in [0.15, 0.2) is 41.6 Å². The van der Waals surface area contributed by atoms with Crippen LogP contribution in [0.2, 0.25) is 0 Å². The van der Waals surface area contributed by atoms with Gasteiger partial charge < -0.3 is 9.94 Å². The Morgan fingerprint density at radius 2 is 1.86 bits per heavy atom. The number of hydrogen-bond donors (Lipinski definition) is 1. The molecule has 1 N–H and O–H groups in total. The van der Waals surface area contributed by atoms with Crippen LogP contribution in [0.5, 0.6) is 5.75 Å². The van der Waals surface area contributed by atoms with E-state index in [0.29, 0.717) is 0 Å². The lowest BCUT2D eigenvalue weighted by Gasteiger charge is -2.04. The van der Waals surface area contributed by atoms with Crippen molar-refractivity contribution in [2.75, 3.05) is 0 Å². The maximum absolute atomic E-state index is 11.0. The van der Waals surface area contributed by atoms with Gasteiger partial charge in [-0.1, -0.05) is 17.3 Å². The van der Waals surface area contributed by atoms with Crippen LogP contribution in [-0.2, 0) is 0 Å². The first kappa shape index (κ1) is 16.2. The van der Waals surface area contributed by atoms with Crippen molar-refractivity contribution < 1.29 is 14.7 Å². The van der Waals surface area contributed by atoms with Gasteiger partial charge in [0.2, 0.25) is 0 Å². The minimum atomic E-state index is -1.04. The van der Waals surface area contributed by atoms with Crippen molar-refractivity contribution in [3.8, 4) is 5.75 Å².